The van der Waals surface area contributed by atoms with Gasteiger partial charge in [0.2, 0.25) is 5.91 Å². The monoisotopic (exact) mass is 355 g/mol. The van der Waals surface area contributed by atoms with Crippen LogP contribution in [0.15, 0.2) is 36.4 Å². The second-order valence-electron chi connectivity index (χ2n) is 7.19. The predicted molar refractivity (Wildman–Crippen MR) is 100 cm³/mol. The van der Waals surface area contributed by atoms with Crippen LogP contribution >= 0.6 is 0 Å². The van der Waals surface area contributed by atoms with Gasteiger partial charge in [-0.15, -0.1) is 0 Å². The minimum absolute atomic E-state index is 0.0264. The summed E-state index contributed by atoms with van der Waals surface area (Å²) < 4.78 is 5.25. The zero-order valence-electron chi connectivity index (χ0n) is 15.4. The van der Waals surface area contributed by atoms with Gasteiger partial charge in [-0.1, -0.05) is 31.2 Å². The van der Waals surface area contributed by atoms with Gasteiger partial charge in [-0.2, -0.15) is 0 Å². The van der Waals surface area contributed by atoms with Crippen LogP contribution in [-0.2, 0) is 9.59 Å². The van der Waals surface area contributed by atoms with Crippen LogP contribution in [0.2, 0.25) is 0 Å². The van der Waals surface area contributed by atoms with Gasteiger partial charge in [-0.3, -0.25) is 9.59 Å². The maximum absolute atomic E-state index is 12.9. The Morgan fingerprint density at radius 1 is 1.19 bits per heavy atom. The second-order valence-corrected chi connectivity index (χ2v) is 7.19. The van der Waals surface area contributed by atoms with E-state index in [0.717, 1.165) is 22.1 Å². The minimum Gasteiger partial charge on any atom is -0.497 e. The number of likely N-dealkylation sites (tertiary alicyclic amines) is 1. The lowest BCUT2D eigenvalue weighted by Crippen LogP contribution is -2.46. The fourth-order valence-electron chi connectivity index (χ4n) is 3.77. The van der Waals surface area contributed by atoms with Crippen molar-refractivity contribution in [1.82, 2.24) is 4.90 Å². The summed E-state index contributed by atoms with van der Waals surface area (Å²) in [7, 11) is 1.64. The highest BCUT2D eigenvalue weighted by Crippen LogP contribution is 2.29. The molecule has 3 unspecified atom stereocenters. The molecular formula is C21H25NO4. The van der Waals surface area contributed by atoms with Gasteiger partial charge in [0.25, 0.3) is 0 Å². The molecule has 1 aliphatic rings. The summed E-state index contributed by atoms with van der Waals surface area (Å²) in [4.78, 5) is 26.0. The summed E-state index contributed by atoms with van der Waals surface area (Å²) in [6.07, 6.45) is 0.520. The lowest BCUT2D eigenvalue weighted by Gasteiger charge is -2.36. The highest BCUT2D eigenvalue weighted by Gasteiger charge is 2.34. The van der Waals surface area contributed by atoms with E-state index < -0.39 is 5.97 Å². The number of benzene rings is 2. The fourth-order valence-corrected chi connectivity index (χ4v) is 3.77. The average molecular weight is 355 g/mol. The van der Waals surface area contributed by atoms with Gasteiger partial charge in [0, 0.05) is 13.1 Å². The van der Waals surface area contributed by atoms with E-state index in [4.69, 9.17) is 4.74 Å². The predicted octanol–water partition coefficient (Wildman–Crippen LogP) is 3.52. The molecule has 1 fully saturated rings. The molecule has 1 saturated heterocycles. The van der Waals surface area contributed by atoms with Gasteiger partial charge in [0.1, 0.15) is 5.75 Å². The molecule has 26 heavy (non-hydrogen) atoms. The molecule has 0 aliphatic carbocycles. The van der Waals surface area contributed by atoms with E-state index in [1.165, 1.54) is 0 Å². The number of fused-ring (bicyclic) bond motifs is 1. The van der Waals surface area contributed by atoms with Crippen molar-refractivity contribution < 1.29 is 19.4 Å². The molecule has 1 aliphatic heterocycles. The SMILES string of the molecule is COc1ccc2cc(C(C)C(=O)N3CCC(C(=O)O)C(C)C3)ccc2c1. The summed E-state index contributed by atoms with van der Waals surface area (Å²) in [5.74, 6) is -0.526. The molecule has 3 rings (SSSR count). The van der Waals surface area contributed by atoms with Gasteiger partial charge < -0.3 is 14.7 Å². The number of amides is 1. The third-order valence-electron chi connectivity index (χ3n) is 5.48. The van der Waals surface area contributed by atoms with Gasteiger partial charge in [-0.25, -0.2) is 0 Å². The number of ether oxygens (including phenoxy) is 1. The number of carboxylic acids is 1. The van der Waals surface area contributed by atoms with Crippen molar-refractivity contribution in [2.75, 3.05) is 20.2 Å². The van der Waals surface area contributed by atoms with Crippen LogP contribution in [0.4, 0.5) is 0 Å². The number of carbonyl (C=O) groups is 2. The summed E-state index contributed by atoms with van der Waals surface area (Å²) in [5, 5.41) is 11.4. The number of methoxy groups -OCH3 is 1. The number of carboxylic acid groups (broad SMARTS) is 1. The Morgan fingerprint density at radius 3 is 2.54 bits per heavy atom. The van der Waals surface area contributed by atoms with Crippen LogP contribution < -0.4 is 4.74 Å². The summed E-state index contributed by atoms with van der Waals surface area (Å²) in [6.45, 7) is 4.84. The van der Waals surface area contributed by atoms with Gasteiger partial charge in [0.15, 0.2) is 0 Å². The van der Waals surface area contributed by atoms with E-state index in [1.807, 2.05) is 55.1 Å². The normalized spacial score (nSPS) is 21.4. The minimum atomic E-state index is -0.761. The zero-order chi connectivity index (χ0) is 18.8. The van der Waals surface area contributed by atoms with E-state index in [9.17, 15) is 14.7 Å². The van der Waals surface area contributed by atoms with E-state index in [0.29, 0.717) is 19.5 Å². The molecule has 2 aromatic carbocycles. The Morgan fingerprint density at radius 2 is 1.88 bits per heavy atom. The maximum Gasteiger partial charge on any atom is 0.306 e. The van der Waals surface area contributed by atoms with E-state index >= 15 is 0 Å². The first-order valence-corrected chi connectivity index (χ1v) is 9.00. The topological polar surface area (TPSA) is 66.8 Å². The zero-order valence-corrected chi connectivity index (χ0v) is 15.4. The van der Waals surface area contributed by atoms with Crippen LogP contribution in [0.25, 0.3) is 10.8 Å². The largest absolute Gasteiger partial charge is 0.497 e. The fraction of sp³-hybridized carbons (Fsp3) is 0.429. The van der Waals surface area contributed by atoms with Crippen molar-refractivity contribution >= 4 is 22.6 Å². The molecule has 138 valence electrons. The molecule has 2 aromatic rings. The van der Waals surface area contributed by atoms with Crippen LogP contribution in [0.1, 0.15) is 31.7 Å². The Hall–Kier alpha value is -2.56. The first-order valence-electron chi connectivity index (χ1n) is 9.00. The Bertz CT molecular complexity index is 832. The van der Waals surface area contributed by atoms with E-state index in [1.54, 1.807) is 7.11 Å². The molecule has 0 bridgehead atoms. The molecule has 1 N–H and O–H groups in total. The van der Waals surface area contributed by atoms with Crippen molar-refractivity contribution in [3.63, 3.8) is 0 Å². The summed E-state index contributed by atoms with van der Waals surface area (Å²) >= 11 is 0. The quantitative estimate of drug-likeness (QED) is 0.911. The van der Waals surface area contributed by atoms with Crippen molar-refractivity contribution in [3.8, 4) is 5.75 Å². The van der Waals surface area contributed by atoms with Crippen LogP contribution in [0.5, 0.6) is 5.75 Å². The molecule has 0 saturated carbocycles. The van der Waals surface area contributed by atoms with Crippen LogP contribution in [0.3, 0.4) is 0 Å². The number of hydrogen-bond donors (Lipinski definition) is 1. The molecule has 0 radical (unpaired) electrons. The molecule has 3 atom stereocenters. The third-order valence-corrected chi connectivity index (χ3v) is 5.48. The molecule has 0 spiro atoms. The standard InChI is InChI=1S/C21H25NO4/c1-13-12-22(9-8-19(13)21(24)25)20(23)14(2)15-4-5-17-11-18(26-3)7-6-16(17)10-15/h4-7,10-11,13-14,19H,8-9,12H2,1-3H3,(H,24,25). The first kappa shape index (κ1) is 18.2. The maximum atomic E-state index is 12.9. The Kier molecular flexibility index (Phi) is 5.16. The molecule has 0 aromatic heterocycles. The molecule has 1 amide bonds. The second kappa shape index (κ2) is 7.36. The number of aliphatic carboxylic acids is 1. The molecular weight excluding hydrogens is 330 g/mol. The molecule has 5 nitrogen and oxygen atoms in total. The smallest absolute Gasteiger partial charge is 0.306 e. The molecule has 1 heterocycles. The summed E-state index contributed by atoms with van der Waals surface area (Å²) in [5.41, 5.74) is 0.973. The van der Waals surface area contributed by atoms with E-state index in [2.05, 4.69) is 0 Å². The van der Waals surface area contributed by atoms with Crippen LogP contribution in [-0.4, -0.2) is 42.1 Å². The number of nitrogens with zero attached hydrogens (tertiary/aromatic N) is 1. The number of carbonyl (C=O) groups excluding carboxylic acids is 1. The van der Waals surface area contributed by atoms with Gasteiger partial charge >= 0.3 is 5.97 Å². The number of hydrogen-bond acceptors (Lipinski definition) is 3. The van der Waals surface area contributed by atoms with Crippen molar-refractivity contribution in [1.29, 1.82) is 0 Å². The highest BCUT2D eigenvalue weighted by atomic mass is 16.5. The highest BCUT2D eigenvalue weighted by molar-refractivity contribution is 5.88. The Labute approximate surface area is 153 Å². The molecule has 5 heteroatoms. The lowest BCUT2D eigenvalue weighted by molar-refractivity contribution is -0.148. The van der Waals surface area contributed by atoms with E-state index in [-0.39, 0.29) is 23.7 Å². The number of rotatable bonds is 4. The average Bonchev–Trinajstić information content (AvgIpc) is 2.65. The van der Waals surface area contributed by atoms with Crippen LogP contribution in [0, 0.1) is 11.8 Å². The van der Waals surface area contributed by atoms with Crippen molar-refractivity contribution in [3.05, 3.63) is 42.0 Å². The summed E-state index contributed by atoms with van der Waals surface area (Å²) in [6, 6.07) is 11.9. The van der Waals surface area contributed by atoms with Crippen molar-refractivity contribution in [2.45, 2.75) is 26.2 Å². The lowest BCUT2D eigenvalue weighted by atomic mass is 9.86. The third kappa shape index (κ3) is 3.52. The Balaban J connectivity index is 1.76. The van der Waals surface area contributed by atoms with Gasteiger partial charge in [-0.05, 0) is 47.7 Å². The van der Waals surface area contributed by atoms with Crippen molar-refractivity contribution in [2.24, 2.45) is 11.8 Å². The van der Waals surface area contributed by atoms with Gasteiger partial charge in [0.05, 0.1) is 18.9 Å². The number of piperidine rings is 1. The first-order chi connectivity index (χ1) is 12.4.